The van der Waals surface area contributed by atoms with Crippen molar-refractivity contribution < 1.29 is 17.6 Å². The summed E-state index contributed by atoms with van der Waals surface area (Å²) in [6, 6.07) is 17.5. The van der Waals surface area contributed by atoms with Crippen LogP contribution in [0.2, 0.25) is 5.02 Å². The normalized spacial score (nSPS) is 11.0. The summed E-state index contributed by atoms with van der Waals surface area (Å²) in [6.45, 7) is 0. The standard InChI is InChI=1S/C22H16ClFN2O3S/c1-26(20-9-6-18(23)7-10-20)30(28,29)21-4-2-3-16(12-21)22(27)13-15-5-8-19(24)11-17(15)14-25/h2-12H,13H2,1H3. The van der Waals surface area contributed by atoms with Crippen LogP contribution in [0.1, 0.15) is 21.5 Å². The van der Waals surface area contributed by atoms with E-state index in [0.717, 1.165) is 10.4 Å². The summed E-state index contributed by atoms with van der Waals surface area (Å²) in [5, 5.41) is 9.62. The second kappa shape index (κ2) is 8.66. The number of nitrogens with zero attached hydrogens (tertiary/aromatic N) is 2. The number of hydrogen-bond acceptors (Lipinski definition) is 4. The van der Waals surface area contributed by atoms with Gasteiger partial charge in [-0.1, -0.05) is 29.8 Å². The number of nitriles is 1. The Morgan fingerprint density at radius 2 is 1.80 bits per heavy atom. The van der Waals surface area contributed by atoms with Crippen LogP contribution in [-0.4, -0.2) is 21.2 Å². The minimum atomic E-state index is -3.92. The molecule has 0 aromatic heterocycles. The Labute approximate surface area is 179 Å². The maximum atomic E-state index is 13.3. The van der Waals surface area contributed by atoms with Crippen LogP contribution in [0.25, 0.3) is 0 Å². The number of benzene rings is 3. The van der Waals surface area contributed by atoms with Gasteiger partial charge in [0.25, 0.3) is 10.0 Å². The van der Waals surface area contributed by atoms with Crippen molar-refractivity contribution in [3.05, 3.63) is 94.3 Å². The van der Waals surface area contributed by atoms with Crippen LogP contribution in [0.15, 0.2) is 71.6 Å². The molecule has 0 spiro atoms. The lowest BCUT2D eigenvalue weighted by atomic mass is 9.99. The molecule has 3 aromatic rings. The second-order valence-corrected chi connectivity index (χ2v) is 8.90. The molecule has 0 aliphatic rings. The number of ketones is 1. The van der Waals surface area contributed by atoms with Gasteiger partial charge in [0.1, 0.15) is 5.82 Å². The number of anilines is 1. The van der Waals surface area contributed by atoms with E-state index in [0.29, 0.717) is 16.3 Å². The van der Waals surface area contributed by atoms with Crippen molar-refractivity contribution in [1.29, 1.82) is 5.26 Å². The van der Waals surface area contributed by atoms with Crippen molar-refractivity contribution in [2.45, 2.75) is 11.3 Å². The highest BCUT2D eigenvalue weighted by Crippen LogP contribution is 2.24. The zero-order valence-corrected chi connectivity index (χ0v) is 17.4. The van der Waals surface area contributed by atoms with Crippen LogP contribution in [0, 0.1) is 17.1 Å². The van der Waals surface area contributed by atoms with Gasteiger partial charge in [0.05, 0.1) is 22.2 Å². The van der Waals surface area contributed by atoms with E-state index in [4.69, 9.17) is 16.9 Å². The molecule has 3 aromatic carbocycles. The largest absolute Gasteiger partial charge is 0.294 e. The van der Waals surface area contributed by atoms with E-state index in [1.165, 1.54) is 43.4 Å². The van der Waals surface area contributed by atoms with Gasteiger partial charge in [0.15, 0.2) is 5.78 Å². The zero-order chi connectivity index (χ0) is 21.9. The van der Waals surface area contributed by atoms with Gasteiger partial charge in [-0.15, -0.1) is 0 Å². The SMILES string of the molecule is CN(c1ccc(Cl)cc1)S(=O)(=O)c1cccc(C(=O)Cc2ccc(F)cc2C#N)c1. The van der Waals surface area contributed by atoms with Crippen LogP contribution < -0.4 is 4.31 Å². The van der Waals surface area contributed by atoms with Crippen molar-refractivity contribution >= 4 is 33.1 Å². The van der Waals surface area contributed by atoms with E-state index in [9.17, 15) is 17.6 Å². The van der Waals surface area contributed by atoms with Crippen LogP contribution in [0.3, 0.4) is 0 Å². The van der Waals surface area contributed by atoms with Crippen LogP contribution in [0.5, 0.6) is 0 Å². The number of carbonyl (C=O) groups excluding carboxylic acids is 1. The Kier molecular flexibility index (Phi) is 6.20. The molecule has 152 valence electrons. The van der Waals surface area contributed by atoms with Gasteiger partial charge in [0, 0.05) is 24.1 Å². The fourth-order valence-corrected chi connectivity index (χ4v) is 4.23. The van der Waals surface area contributed by atoms with E-state index in [1.807, 2.05) is 6.07 Å². The molecule has 0 amide bonds. The van der Waals surface area contributed by atoms with E-state index < -0.39 is 15.8 Å². The molecule has 0 unspecified atom stereocenters. The lowest BCUT2D eigenvalue weighted by Gasteiger charge is -2.20. The molecule has 0 saturated carbocycles. The zero-order valence-electron chi connectivity index (χ0n) is 15.8. The summed E-state index contributed by atoms with van der Waals surface area (Å²) in [6.07, 6.45) is -0.153. The van der Waals surface area contributed by atoms with E-state index >= 15 is 0 Å². The van der Waals surface area contributed by atoms with Gasteiger partial charge in [-0.05, 0) is 54.1 Å². The third kappa shape index (κ3) is 4.51. The Bertz CT molecular complexity index is 1250. The van der Waals surface area contributed by atoms with Gasteiger partial charge >= 0.3 is 0 Å². The Morgan fingerprint density at radius 1 is 1.10 bits per heavy atom. The van der Waals surface area contributed by atoms with Gasteiger partial charge in [-0.2, -0.15) is 5.26 Å². The quantitative estimate of drug-likeness (QED) is 0.522. The first-order valence-corrected chi connectivity index (χ1v) is 10.6. The molecule has 0 aliphatic heterocycles. The van der Waals surface area contributed by atoms with Crippen LogP contribution in [0.4, 0.5) is 10.1 Å². The molecule has 8 heteroatoms. The van der Waals surface area contributed by atoms with Crippen molar-refractivity contribution in [2.24, 2.45) is 0 Å². The summed E-state index contributed by atoms with van der Waals surface area (Å²) >= 11 is 5.85. The molecular formula is C22H16ClFN2O3S. The fraction of sp³-hybridized carbons (Fsp3) is 0.0909. The molecule has 3 rings (SSSR count). The van der Waals surface area contributed by atoms with Crippen molar-refractivity contribution in [3.63, 3.8) is 0 Å². The molecule has 0 saturated heterocycles. The summed E-state index contributed by atoms with van der Waals surface area (Å²) in [5.41, 5.74) is 1.03. The maximum Gasteiger partial charge on any atom is 0.264 e. The highest BCUT2D eigenvalue weighted by Gasteiger charge is 2.22. The second-order valence-electron chi connectivity index (χ2n) is 6.49. The lowest BCUT2D eigenvalue weighted by molar-refractivity contribution is 0.0992. The first-order valence-electron chi connectivity index (χ1n) is 8.78. The van der Waals surface area contributed by atoms with Crippen LogP contribution in [-0.2, 0) is 16.4 Å². The number of carbonyl (C=O) groups is 1. The van der Waals surface area contributed by atoms with Crippen molar-refractivity contribution in [3.8, 4) is 6.07 Å². The molecule has 5 nitrogen and oxygen atoms in total. The summed E-state index contributed by atoms with van der Waals surface area (Å²) < 4.78 is 40.4. The number of Topliss-reactive ketones (excluding diaryl/α,β-unsaturated/α-hetero) is 1. The van der Waals surface area contributed by atoms with E-state index in [-0.39, 0.29) is 28.2 Å². The van der Waals surface area contributed by atoms with Gasteiger partial charge in [-0.25, -0.2) is 12.8 Å². The Morgan fingerprint density at radius 3 is 2.47 bits per heavy atom. The number of hydrogen-bond donors (Lipinski definition) is 0. The van der Waals surface area contributed by atoms with Gasteiger partial charge in [0.2, 0.25) is 0 Å². The minimum absolute atomic E-state index is 0.0505. The molecule has 0 N–H and O–H groups in total. The third-order valence-corrected chi connectivity index (χ3v) is 6.58. The predicted molar refractivity (Wildman–Crippen MR) is 113 cm³/mol. The molecular weight excluding hydrogens is 427 g/mol. The number of halogens is 2. The van der Waals surface area contributed by atoms with Crippen molar-refractivity contribution in [2.75, 3.05) is 11.4 Å². The number of rotatable bonds is 6. The van der Waals surface area contributed by atoms with E-state index in [1.54, 1.807) is 24.3 Å². The first kappa shape index (κ1) is 21.5. The fourth-order valence-electron chi connectivity index (χ4n) is 2.86. The maximum absolute atomic E-state index is 13.3. The molecule has 30 heavy (non-hydrogen) atoms. The van der Waals surface area contributed by atoms with Gasteiger partial charge < -0.3 is 0 Å². The number of sulfonamides is 1. The predicted octanol–water partition coefficient (Wildman–Crippen LogP) is 4.60. The summed E-state index contributed by atoms with van der Waals surface area (Å²) in [4.78, 5) is 12.6. The molecule has 0 aliphatic carbocycles. The minimum Gasteiger partial charge on any atom is -0.294 e. The Balaban J connectivity index is 1.89. The average molecular weight is 443 g/mol. The molecule has 0 fully saturated rings. The van der Waals surface area contributed by atoms with Gasteiger partial charge in [-0.3, -0.25) is 9.10 Å². The molecule has 0 bridgehead atoms. The summed E-state index contributed by atoms with van der Waals surface area (Å²) in [7, 11) is -2.51. The smallest absolute Gasteiger partial charge is 0.264 e. The van der Waals surface area contributed by atoms with E-state index in [2.05, 4.69) is 0 Å². The molecule has 0 heterocycles. The highest BCUT2D eigenvalue weighted by atomic mass is 35.5. The van der Waals surface area contributed by atoms with Crippen molar-refractivity contribution in [1.82, 2.24) is 0 Å². The lowest BCUT2D eigenvalue weighted by Crippen LogP contribution is -2.26. The molecule has 0 atom stereocenters. The average Bonchev–Trinajstić information content (AvgIpc) is 2.75. The highest BCUT2D eigenvalue weighted by molar-refractivity contribution is 7.92. The van der Waals surface area contributed by atoms with Crippen LogP contribution >= 0.6 is 11.6 Å². The third-order valence-electron chi connectivity index (χ3n) is 4.55. The Hall–Kier alpha value is -3.21. The monoisotopic (exact) mass is 442 g/mol. The first-order chi connectivity index (χ1) is 14.2. The summed E-state index contributed by atoms with van der Waals surface area (Å²) in [5.74, 6) is -0.953. The topological polar surface area (TPSA) is 78.2 Å². The molecule has 0 radical (unpaired) electrons.